The molecule has 2 aromatic heterocycles. The smallest absolute Gasteiger partial charge is 0.262 e. The molecule has 6 heteroatoms. The van der Waals surface area contributed by atoms with E-state index < -0.39 is 0 Å². The minimum atomic E-state index is -0.178. The molecule has 3 heterocycles. The van der Waals surface area contributed by atoms with Crippen LogP contribution in [0.25, 0.3) is 0 Å². The van der Waals surface area contributed by atoms with E-state index in [9.17, 15) is 4.79 Å². The van der Waals surface area contributed by atoms with E-state index >= 15 is 0 Å². The van der Waals surface area contributed by atoms with Crippen LogP contribution in [0.4, 0.5) is 5.82 Å². The molecule has 1 aliphatic heterocycles. The lowest BCUT2D eigenvalue weighted by Crippen LogP contribution is -2.18. The van der Waals surface area contributed by atoms with Crippen LogP contribution in [-0.4, -0.2) is 20.6 Å². The van der Waals surface area contributed by atoms with Gasteiger partial charge in [0, 0.05) is 19.4 Å². The van der Waals surface area contributed by atoms with Crippen molar-refractivity contribution in [1.29, 1.82) is 0 Å². The summed E-state index contributed by atoms with van der Waals surface area (Å²) in [6.45, 7) is 2.95. The zero-order chi connectivity index (χ0) is 13.9. The molecule has 0 aromatic carbocycles. The molecule has 1 N–H and O–H groups in total. The SMILES string of the molecule is CCCc1oncc1C(=O)Nc1cnc2n1CCCC2. The van der Waals surface area contributed by atoms with E-state index in [1.165, 1.54) is 6.20 Å². The maximum atomic E-state index is 12.3. The summed E-state index contributed by atoms with van der Waals surface area (Å²) in [6, 6.07) is 0. The Labute approximate surface area is 117 Å². The molecule has 1 aliphatic rings. The molecule has 0 bridgehead atoms. The summed E-state index contributed by atoms with van der Waals surface area (Å²) in [5, 5.41) is 6.63. The fourth-order valence-corrected chi connectivity index (χ4v) is 2.56. The van der Waals surface area contributed by atoms with Gasteiger partial charge in [0.05, 0.1) is 12.4 Å². The maximum absolute atomic E-state index is 12.3. The minimum Gasteiger partial charge on any atom is -0.361 e. The summed E-state index contributed by atoms with van der Waals surface area (Å²) in [6.07, 6.45) is 8.10. The molecule has 106 valence electrons. The highest BCUT2D eigenvalue weighted by Gasteiger charge is 2.19. The average molecular weight is 274 g/mol. The highest BCUT2D eigenvalue weighted by atomic mass is 16.5. The minimum absolute atomic E-state index is 0.178. The van der Waals surface area contributed by atoms with E-state index in [-0.39, 0.29) is 5.91 Å². The molecular weight excluding hydrogens is 256 g/mol. The van der Waals surface area contributed by atoms with Crippen LogP contribution < -0.4 is 5.32 Å². The Kier molecular flexibility index (Phi) is 3.54. The second-order valence-electron chi connectivity index (χ2n) is 5.04. The first-order chi connectivity index (χ1) is 9.79. The third-order valence-electron chi connectivity index (χ3n) is 3.58. The zero-order valence-corrected chi connectivity index (χ0v) is 11.6. The fraction of sp³-hybridized carbons (Fsp3) is 0.500. The van der Waals surface area contributed by atoms with Gasteiger partial charge in [0.2, 0.25) is 0 Å². The van der Waals surface area contributed by atoms with Gasteiger partial charge in [-0.2, -0.15) is 0 Å². The van der Waals surface area contributed by atoms with Crippen molar-refractivity contribution in [2.45, 2.75) is 45.6 Å². The number of carbonyl (C=O) groups excluding carboxylic acids is 1. The number of nitrogens with zero attached hydrogens (tertiary/aromatic N) is 3. The molecule has 0 saturated heterocycles. The van der Waals surface area contributed by atoms with Crippen molar-refractivity contribution in [1.82, 2.24) is 14.7 Å². The van der Waals surface area contributed by atoms with Crippen LogP contribution in [0, 0.1) is 0 Å². The highest BCUT2D eigenvalue weighted by Crippen LogP contribution is 2.20. The normalized spacial score (nSPS) is 14.1. The highest BCUT2D eigenvalue weighted by molar-refractivity contribution is 6.04. The number of imidazole rings is 1. The monoisotopic (exact) mass is 274 g/mol. The van der Waals surface area contributed by atoms with E-state index in [0.717, 1.165) is 43.9 Å². The predicted molar refractivity (Wildman–Crippen MR) is 73.6 cm³/mol. The number of hydrogen-bond acceptors (Lipinski definition) is 4. The van der Waals surface area contributed by atoms with Crippen molar-refractivity contribution in [3.63, 3.8) is 0 Å². The molecule has 6 nitrogen and oxygen atoms in total. The van der Waals surface area contributed by atoms with Gasteiger partial charge in [-0.1, -0.05) is 12.1 Å². The van der Waals surface area contributed by atoms with Gasteiger partial charge >= 0.3 is 0 Å². The van der Waals surface area contributed by atoms with E-state index in [2.05, 4.69) is 20.0 Å². The number of aryl methyl sites for hydroxylation is 2. The van der Waals surface area contributed by atoms with Crippen molar-refractivity contribution in [2.24, 2.45) is 0 Å². The van der Waals surface area contributed by atoms with Gasteiger partial charge in [-0.05, 0) is 19.3 Å². The summed E-state index contributed by atoms with van der Waals surface area (Å²) in [4.78, 5) is 16.7. The lowest BCUT2D eigenvalue weighted by atomic mass is 10.1. The summed E-state index contributed by atoms with van der Waals surface area (Å²) < 4.78 is 7.20. The summed E-state index contributed by atoms with van der Waals surface area (Å²) in [5.74, 6) is 2.27. The first-order valence-electron chi connectivity index (χ1n) is 7.09. The molecule has 0 spiro atoms. The molecule has 0 saturated carbocycles. The lowest BCUT2D eigenvalue weighted by Gasteiger charge is -2.16. The predicted octanol–water partition coefficient (Wildman–Crippen LogP) is 2.41. The van der Waals surface area contributed by atoms with Crippen LogP contribution in [0.15, 0.2) is 16.9 Å². The number of anilines is 1. The topological polar surface area (TPSA) is 73.0 Å². The maximum Gasteiger partial charge on any atom is 0.262 e. The van der Waals surface area contributed by atoms with Crippen molar-refractivity contribution >= 4 is 11.7 Å². The standard InChI is InChI=1S/C14H18N4O2/c1-2-5-11-10(8-16-20-11)14(19)17-13-9-15-12-6-3-4-7-18(12)13/h8-9H,2-7H2,1H3,(H,17,19). The Morgan fingerprint density at radius 1 is 1.45 bits per heavy atom. The van der Waals surface area contributed by atoms with Gasteiger partial charge in [0.1, 0.15) is 23.0 Å². The van der Waals surface area contributed by atoms with E-state index in [1.54, 1.807) is 6.20 Å². The molecule has 0 unspecified atom stereocenters. The number of nitrogens with one attached hydrogen (secondary N) is 1. The molecule has 2 aromatic rings. The lowest BCUT2D eigenvalue weighted by molar-refractivity contribution is 0.102. The molecular formula is C14H18N4O2. The van der Waals surface area contributed by atoms with Crippen molar-refractivity contribution in [2.75, 3.05) is 5.32 Å². The molecule has 20 heavy (non-hydrogen) atoms. The van der Waals surface area contributed by atoms with Gasteiger partial charge in [-0.3, -0.25) is 4.79 Å². The number of carbonyl (C=O) groups is 1. The third kappa shape index (κ3) is 2.33. The van der Waals surface area contributed by atoms with Crippen molar-refractivity contribution < 1.29 is 9.32 Å². The summed E-state index contributed by atoms with van der Waals surface area (Å²) >= 11 is 0. The number of aromatic nitrogens is 3. The number of rotatable bonds is 4. The molecule has 3 rings (SSSR count). The van der Waals surface area contributed by atoms with Gasteiger partial charge < -0.3 is 14.4 Å². The van der Waals surface area contributed by atoms with Gasteiger partial charge in [0.25, 0.3) is 5.91 Å². The Morgan fingerprint density at radius 3 is 3.20 bits per heavy atom. The zero-order valence-electron chi connectivity index (χ0n) is 11.6. The van der Waals surface area contributed by atoms with Crippen LogP contribution in [-0.2, 0) is 19.4 Å². The quantitative estimate of drug-likeness (QED) is 0.929. The Hall–Kier alpha value is -2.11. The summed E-state index contributed by atoms with van der Waals surface area (Å²) in [7, 11) is 0. The fourth-order valence-electron chi connectivity index (χ4n) is 2.56. The van der Waals surface area contributed by atoms with Gasteiger partial charge in [0.15, 0.2) is 0 Å². The number of fused-ring (bicyclic) bond motifs is 1. The average Bonchev–Trinajstić information content (AvgIpc) is 3.07. The molecule has 0 fully saturated rings. The van der Waals surface area contributed by atoms with Crippen LogP contribution in [0.5, 0.6) is 0 Å². The number of hydrogen-bond donors (Lipinski definition) is 1. The molecule has 0 atom stereocenters. The van der Waals surface area contributed by atoms with Crippen LogP contribution in [0.2, 0.25) is 0 Å². The first-order valence-corrected chi connectivity index (χ1v) is 7.09. The van der Waals surface area contributed by atoms with E-state index in [0.29, 0.717) is 17.7 Å². The Morgan fingerprint density at radius 2 is 2.35 bits per heavy atom. The van der Waals surface area contributed by atoms with Crippen LogP contribution >= 0.6 is 0 Å². The van der Waals surface area contributed by atoms with Crippen molar-refractivity contribution in [3.05, 3.63) is 29.5 Å². The Bertz CT molecular complexity index is 614. The Balaban J connectivity index is 1.79. The summed E-state index contributed by atoms with van der Waals surface area (Å²) in [5.41, 5.74) is 0.512. The van der Waals surface area contributed by atoms with Gasteiger partial charge in [-0.25, -0.2) is 4.98 Å². The molecule has 0 radical (unpaired) electrons. The van der Waals surface area contributed by atoms with Crippen LogP contribution in [0.1, 0.15) is 48.1 Å². The first kappa shape index (κ1) is 12.9. The third-order valence-corrected chi connectivity index (χ3v) is 3.58. The second kappa shape index (κ2) is 5.48. The van der Waals surface area contributed by atoms with E-state index in [1.807, 2.05) is 6.92 Å². The van der Waals surface area contributed by atoms with Gasteiger partial charge in [-0.15, -0.1) is 0 Å². The largest absolute Gasteiger partial charge is 0.361 e. The molecule has 0 aliphatic carbocycles. The van der Waals surface area contributed by atoms with E-state index in [4.69, 9.17) is 4.52 Å². The number of amides is 1. The van der Waals surface area contributed by atoms with Crippen molar-refractivity contribution in [3.8, 4) is 0 Å². The van der Waals surface area contributed by atoms with Crippen LogP contribution in [0.3, 0.4) is 0 Å². The second-order valence-corrected chi connectivity index (χ2v) is 5.04. The molecule has 1 amide bonds.